The van der Waals surface area contributed by atoms with Gasteiger partial charge in [-0.1, -0.05) is 54.6 Å². The summed E-state index contributed by atoms with van der Waals surface area (Å²) in [5.41, 5.74) is 4.76. The van der Waals surface area contributed by atoms with Gasteiger partial charge < -0.3 is 5.32 Å². The first-order valence-corrected chi connectivity index (χ1v) is 8.46. The molecule has 0 aliphatic heterocycles. The summed E-state index contributed by atoms with van der Waals surface area (Å²) in [6, 6.07) is 16.3. The van der Waals surface area contributed by atoms with Gasteiger partial charge in [0.1, 0.15) is 0 Å². The van der Waals surface area contributed by atoms with Crippen LogP contribution >= 0.6 is 0 Å². The van der Waals surface area contributed by atoms with Gasteiger partial charge in [-0.25, -0.2) is 0 Å². The second-order valence-electron chi connectivity index (χ2n) is 6.98. The molecule has 1 fully saturated rings. The average molecular weight is 301 g/mol. The van der Waals surface area contributed by atoms with Crippen molar-refractivity contribution >= 4 is 5.91 Å². The fourth-order valence-electron chi connectivity index (χ4n) is 4.86. The predicted octanol–water partition coefficient (Wildman–Crippen LogP) is 4.00. The van der Waals surface area contributed by atoms with Crippen LogP contribution in [0, 0.1) is 11.8 Å². The van der Waals surface area contributed by atoms with E-state index in [2.05, 4.69) is 23.5 Å². The van der Waals surface area contributed by atoms with Crippen LogP contribution in [-0.2, 0) is 6.54 Å². The van der Waals surface area contributed by atoms with E-state index in [1.54, 1.807) is 0 Å². The Morgan fingerprint density at radius 3 is 2.57 bits per heavy atom. The largest absolute Gasteiger partial charge is 0.348 e. The molecule has 2 aromatic carbocycles. The van der Waals surface area contributed by atoms with Crippen molar-refractivity contribution in [2.24, 2.45) is 11.8 Å². The average Bonchev–Trinajstić information content (AvgIpc) is 3.15. The van der Waals surface area contributed by atoms with E-state index in [0.29, 0.717) is 30.2 Å². The Kier molecular flexibility index (Phi) is 2.75. The van der Waals surface area contributed by atoms with E-state index in [-0.39, 0.29) is 5.91 Å². The molecule has 114 valence electrons. The smallest absolute Gasteiger partial charge is 0.251 e. The van der Waals surface area contributed by atoms with Gasteiger partial charge in [-0.05, 0) is 52.8 Å². The molecule has 3 aliphatic rings. The molecule has 4 atom stereocenters. The quantitative estimate of drug-likeness (QED) is 0.853. The van der Waals surface area contributed by atoms with E-state index >= 15 is 0 Å². The van der Waals surface area contributed by atoms with Crippen LogP contribution < -0.4 is 5.32 Å². The van der Waals surface area contributed by atoms with Gasteiger partial charge in [0, 0.05) is 12.1 Å². The molecule has 0 radical (unpaired) electrons. The van der Waals surface area contributed by atoms with Crippen LogP contribution in [0.25, 0.3) is 0 Å². The van der Waals surface area contributed by atoms with E-state index in [1.807, 2.05) is 42.5 Å². The molecule has 2 nitrogen and oxygen atoms in total. The van der Waals surface area contributed by atoms with Gasteiger partial charge in [-0.3, -0.25) is 4.79 Å². The van der Waals surface area contributed by atoms with E-state index in [4.69, 9.17) is 0 Å². The summed E-state index contributed by atoms with van der Waals surface area (Å²) in [4.78, 5) is 12.7. The Bertz CT molecular complexity index is 808. The van der Waals surface area contributed by atoms with Gasteiger partial charge in [0.25, 0.3) is 5.91 Å². The Morgan fingerprint density at radius 2 is 1.74 bits per heavy atom. The fourth-order valence-corrected chi connectivity index (χ4v) is 4.86. The number of allylic oxidation sites excluding steroid dienone is 2. The highest BCUT2D eigenvalue weighted by Crippen LogP contribution is 2.65. The second kappa shape index (κ2) is 4.82. The van der Waals surface area contributed by atoms with Crippen molar-refractivity contribution < 1.29 is 4.79 Å². The number of hydrogen-bond acceptors (Lipinski definition) is 1. The molecule has 0 heterocycles. The molecule has 1 amide bonds. The highest BCUT2D eigenvalue weighted by atomic mass is 16.1. The first kappa shape index (κ1) is 13.1. The van der Waals surface area contributed by atoms with E-state index in [0.717, 1.165) is 11.1 Å². The summed E-state index contributed by atoms with van der Waals surface area (Å²) in [7, 11) is 0. The molecule has 2 unspecified atom stereocenters. The van der Waals surface area contributed by atoms with Gasteiger partial charge >= 0.3 is 0 Å². The summed E-state index contributed by atoms with van der Waals surface area (Å²) >= 11 is 0. The number of nitrogens with one attached hydrogen (secondary N) is 1. The lowest BCUT2D eigenvalue weighted by atomic mass is 9.62. The minimum atomic E-state index is 0.0657. The normalized spacial score (nSPS) is 28.9. The number of benzene rings is 2. The minimum absolute atomic E-state index is 0.0657. The lowest BCUT2D eigenvalue weighted by Gasteiger charge is -2.42. The zero-order chi connectivity index (χ0) is 15.4. The third-order valence-corrected chi connectivity index (χ3v) is 5.83. The highest BCUT2D eigenvalue weighted by Gasteiger charge is 2.54. The number of carbonyl (C=O) groups excluding carboxylic acids is 1. The summed E-state index contributed by atoms with van der Waals surface area (Å²) in [6.07, 6.45) is 6.03. The molecule has 1 N–H and O–H groups in total. The molecular weight excluding hydrogens is 282 g/mol. The molecule has 2 heteroatoms. The minimum Gasteiger partial charge on any atom is -0.348 e. The van der Waals surface area contributed by atoms with Crippen molar-refractivity contribution in [1.82, 2.24) is 5.32 Å². The molecule has 0 saturated heterocycles. The van der Waals surface area contributed by atoms with Crippen LogP contribution in [-0.4, -0.2) is 5.91 Å². The zero-order valence-electron chi connectivity index (χ0n) is 12.9. The fraction of sp³-hybridized carbons (Fsp3) is 0.286. The maximum Gasteiger partial charge on any atom is 0.251 e. The topological polar surface area (TPSA) is 29.1 Å². The number of amides is 1. The molecule has 0 spiro atoms. The van der Waals surface area contributed by atoms with Crippen LogP contribution in [0.3, 0.4) is 0 Å². The van der Waals surface area contributed by atoms with Crippen LogP contribution in [0.4, 0.5) is 0 Å². The monoisotopic (exact) mass is 301 g/mol. The Hall–Kier alpha value is -2.35. The number of hydrogen-bond donors (Lipinski definition) is 1. The van der Waals surface area contributed by atoms with E-state index < -0.39 is 0 Å². The SMILES string of the molecule is O=C(NCc1ccccc1)c1cccc2c1C1C2[C@H]2C=C[C@@H]1C2. The first-order valence-electron chi connectivity index (χ1n) is 8.46. The molecular formula is C21H19NO. The second-order valence-corrected chi connectivity index (χ2v) is 6.98. The standard InChI is InChI=1S/C21H19NO/c23-21(22-12-13-5-2-1-3-6-13)17-8-4-7-16-18-14-9-10-15(11-14)19(18)20(16)17/h1-10,14-15,18-19H,11-12H2,(H,22,23)/t14-,15+,18?,19?/m0/s1. The van der Waals surface area contributed by atoms with E-state index in [1.165, 1.54) is 17.5 Å². The van der Waals surface area contributed by atoms with Crippen LogP contribution in [0.15, 0.2) is 60.7 Å². The summed E-state index contributed by atoms with van der Waals surface area (Å²) < 4.78 is 0. The van der Waals surface area contributed by atoms with Gasteiger partial charge in [0.2, 0.25) is 0 Å². The maximum absolute atomic E-state index is 12.7. The van der Waals surface area contributed by atoms with Gasteiger partial charge in [0.15, 0.2) is 0 Å². The van der Waals surface area contributed by atoms with Gasteiger partial charge in [0.05, 0.1) is 0 Å². The Balaban J connectivity index is 1.41. The van der Waals surface area contributed by atoms with Crippen LogP contribution in [0.5, 0.6) is 0 Å². The van der Waals surface area contributed by atoms with Crippen molar-refractivity contribution in [1.29, 1.82) is 0 Å². The van der Waals surface area contributed by atoms with Crippen molar-refractivity contribution in [2.75, 3.05) is 0 Å². The number of fused-ring (bicyclic) bond motifs is 8. The lowest BCUT2D eigenvalue weighted by molar-refractivity contribution is 0.0948. The van der Waals surface area contributed by atoms with Crippen LogP contribution in [0.2, 0.25) is 0 Å². The van der Waals surface area contributed by atoms with Crippen molar-refractivity contribution in [3.63, 3.8) is 0 Å². The van der Waals surface area contributed by atoms with Crippen molar-refractivity contribution in [3.8, 4) is 0 Å². The van der Waals surface area contributed by atoms with Gasteiger partial charge in [-0.15, -0.1) is 0 Å². The Morgan fingerprint density at radius 1 is 0.957 bits per heavy atom. The molecule has 0 aromatic heterocycles. The molecule has 2 aromatic rings. The summed E-state index contributed by atoms with van der Waals surface area (Å²) in [5, 5.41) is 3.08. The molecule has 23 heavy (non-hydrogen) atoms. The van der Waals surface area contributed by atoms with Crippen molar-refractivity contribution in [2.45, 2.75) is 24.8 Å². The third-order valence-electron chi connectivity index (χ3n) is 5.83. The lowest BCUT2D eigenvalue weighted by Crippen LogP contribution is -2.33. The summed E-state index contributed by atoms with van der Waals surface area (Å²) in [6.45, 7) is 0.587. The predicted molar refractivity (Wildman–Crippen MR) is 90.3 cm³/mol. The summed E-state index contributed by atoms with van der Waals surface area (Å²) in [5.74, 6) is 2.68. The zero-order valence-corrected chi connectivity index (χ0v) is 12.9. The third kappa shape index (κ3) is 1.84. The first-order chi connectivity index (χ1) is 11.3. The highest BCUT2D eigenvalue weighted by molar-refractivity contribution is 5.97. The molecule has 1 saturated carbocycles. The van der Waals surface area contributed by atoms with Crippen LogP contribution in [0.1, 0.15) is 45.3 Å². The maximum atomic E-state index is 12.7. The molecule has 3 aliphatic carbocycles. The Labute approximate surface area is 136 Å². The molecule has 5 rings (SSSR count). The van der Waals surface area contributed by atoms with E-state index in [9.17, 15) is 4.79 Å². The molecule has 2 bridgehead atoms. The number of rotatable bonds is 3. The van der Waals surface area contributed by atoms with Crippen molar-refractivity contribution in [3.05, 3.63) is 82.9 Å². The van der Waals surface area contributed by atoms with Gasteiger partial charge in [-0.2, -0.15) is 0 Å². The number of carbonyl (C=O) groups is 1.